The molecule has 1 aromatic carbocycles. The van der Waals surface area contributed by atoms with E-state index in [9.17, 15) is 14.9 Å². The van der Waals surface area contributed by atoms with Crippen LogP contribution in [-0.4, -0.2) is 31.7 Å². The fraction of sp³-hybridized carbons (Fsp3) is 0.435. The van der Waals surface area contributed by atoms with Gasteiger partial charge in [-0.3, -0.25) is 4.79 Å². The molecule has 1 aromatic heterocycles. The number of benzene rings is 1. The minimum absolute atomic E-state index is 0.0407. The molecular weight excluding hydrogens is 416 g/mol. The summed E-state index contributed by atoms with van der Waals surface area (Å²) in [5, 5.41) is 12.8. The second kappa shape index (κ2) is 10.3. The molecule has 1 N–H and O–H groups in total. The van der Waals surface area contributed by atoms with Crippen LogP contribution in [-0.2, 0) is 22.4 Å². The third-order valence-corrected chi connectivity index (χ3v) is 6.09. The highest BCUT2D eigenvalue weighted by molar-refractivity contribution is 7.16. The average Bonchev–Trinajstić information content (AvgIpc) is 2.90. The van der Waals surface area contributed by atoms with Crippen LogP contribution >= 0.6 is 11.3 Å². The van der Waals surface area contributed by atoms with Crippen LogP contribution in [0, 0.1) is 11.3 Å². The largest absolute Gasteiger partial charge is 0.493 e. The quantitative estimate of drug-likeness (QED) is 0.502. The zero-order valence-electron chi connectivity index (χ0n) is 17.9. The summed E-state index contributed by atoms with van der Waals surface area (Å²) in [4.78, 5) is 25.9. The number of ether oxygens (including phenoxy) is 3. The van der Waals surface area contributed by atoms with Crippen LogP contribution in [0.3, 0.4) is 0 Å². The van der Waals surface area contributed by atoms with Crippen molar-refractivity contribution < 1.29 is 23.8 Å². The average molecular weight is 443 g/mol. The Kier molecular flexibility index (Phi) is 7.53. The molecule has 0 aliphatic heterocycles. The Bertz CT molecular complexity index is 1010. The van der Waals surface area contributed by atoms with Crippen LogP contribution in [0.1, 0.15) is 59.5 Å². The predicted octanol–water partition coefficient (Wildman–Crippen LogP) is 4.48. The first-order valence-electron chi connectivity index (χ1n) is 10.3. The van der Waals surface area contributed by atoms with E-state index in [0.717, 1.165) is 42.5 Å². The van der Waals surface area contributed by atoms with E-state index in [1.165, 1.54) is 24.5 Å². The lowest BCUT2D eigenvalue weighted by molar-refractivity contribution is -0.119. The molecule has 1 heterocycles. The first-order chi connectivity index (χ1) is 14.9. The number of carbonyl (C=O) groups excluding carboxylic acids is 2. The van der Waals surface area contributed by atoms with Crippen molar-refractivity contribution in [2.45, 2.75) is 52.1 Å². The van der Waals surface area contributed by atoms with Gasteiger partial charge in [-0.2, -0.15) is 5.26 Å². The molecule has 0 fully saturated rings. The highest BCUT2D eigenvalue weighted by Crippen LogP contribution is 2.37. The van der Waals surface area contributed by atoms with Crippen LogP contribution in [0.4, 0.5) is 5.00 Å². The number of fused-ring (bicyclic) bond motifs is 1. The smallest absolute Gasteiger partial charge is 0.338 e. The van der Waals surface area contributed by atoms with Crippen LogP contribution < -0.4 is 14.8 Å². The molecule has 1 amide bonds. The number of aryl methyl sites for hydroxylation is 1. The fourth-order valence-electron chi connectivity index (χ4n) is 3.47. The van der Waals surface area contributed by atoms with Crippen molar-refractivity contribution in [2.75, 3.05) is 19.0 Å². The van der Waals surface area contributed by atoms with Gasteiger partial charge in [0.25, 0.3) is 5.91 Å². The second-order valence-electron chi connectivity index (χ2n) is 7.54. The molecule has 0 atom stereocenters. The number of methoxy groups -OCH3 is 1. The highest BCUT2D eigenvalue weighted by atomic mass is 32.1. The van der Waals surface area contributed by atoms with E-state index in [1.807, 2.05) is 13.8 Å². The van der Waals surface area contributed by atoms with Gasteiger partial charge in [0, 0.05) is 4.88 Å². The van der Waals surface area contributed by atoms with Gasteiger partial charge < -0.3 is 19.5 Å². The molecule has 2 aromatic rings. The number of nitrogens with one attached hydrogen (secondary N) is 1. The molecule has 0 saturated carbocycles. The predicted molar refractivity (Wildman–Crippen MR) is 118 cm³/mol. The standard InChI is InChI=1S/C23H26N2O5S/c1-14(2)30-18-10-9-15(11-19(18)28-3)23(27)29-13-21(26)25-22-17(12-24)16-7-5-4-6-8-20(16)31-22/h9-11,14H,4-8,13H2,1-3H3,(H,25,26). The number of carbonyl (C=O) groups is 2. The van der Waals surface area contributed by atoms with Gasteiger partial charge in [0.2, 0.25) is 0 Å². The maximum atomic E-state index is 12.4. The van der Waals surface area contributed by atoms with Crippen molar-refractivity contribution in [3.63, 3.8) is 0 Å². The summed E-state index contributed by atoms with van der Waals surface area (Å²) in [6, 6.07) is 6.93. The number of nitriles is 1. The fourth-order valence-corrected chi connectivity index (χ4v) is 4.73. The molecule has 1 aliphatic carbocycles. The number of amides is 1. The van der Waals surface area contributed by atoms with Crippen LogP contribution in [0.5, 0.6) is 11.5 Å². The van der Waals surface area contributed by atoms with Gasteiger partial charge in [-0.25, -0.2) is 4.79 Å². The molecule has 7 nitrogen and oxygen atoms in total. The zero-order valence-corrected chi connectivity index (χ0v) is 18.8. The van der Waals surface area contributed by atoms with Crippen molar-refractivity contribution in [1.82, 2.24) is 0 Å². The highest BCUT2D eigenvalue weighted by Gasteiger charge is 2.21. The van der Waals surface area contributed by atoms with Crippen LogP contribution in [0.15, 0.2) is 18.2 Å². The molecule has 1 aliphatic rings. The van der Waals surface area contributed by atoms with Gasteiger partial charge in [0.15, 0.2) is 18.1 Å². The summed E-state index contributed by atoms with van der Waals surface area (Å²) >= 11 is 1.44. The summed E-state index contributed by atoms with van der Waals surface area (Å²) in [6.45, 7) is 3.34. The Hall–Kier alpha value is -3.05. The molecule has 0 spiro atoms. The third-order valence-electron chi connectivity index (χ3n) is 4.88. The van der Waals surface area contributed by atoms with E-state index in [-0.39, 0.29) is 11.7 Å². The number of esters is 1. The van der Waals surface area contributed by atoms with Gasteiger partial charge in [-0.15, -0.1) is 11.3 Å². The lowest BCUT2D eigenvalue weighted by Gasteiger charge is -2.14. The van der Waals surface area contributed by atoms with E-state index in [4.69, 9.17) is 14.2 Å². The molecule has 0 unspecified atom stereocenters. The summed E-state index contributed by atoms with van der Waals surface area (Å²) in [5.41, 5.74) is 1.83. The minimum Gasteiger partial charge on any atom is -0.493 e. The molecule has 31 heavy (non-hydrogen) atoms. The molecule has 0 radical (unpaired) electrons. The summed E-state index contributed by atoms with van der Waals surface area (Å²) in [7, 11) is 1.49. The summed E-state index contributed by atoms with van der Waals surface area (Å²) in [6.07, 6.45) is 5.04. The van der Waals surface area contributed by atoms with Crippen molar-refractivity contribution in [3.05, 3.63) is 39.8 Å². The number of thiophene rings is 1. The molecule has 164 valence electrons. The normalized spacial score (nSPS) is 13.0. The van der Waals surface area contributed by atoms with Crippen molar-refractivity contribution >= 4 is 28.2 Å². The Morgan fingerprint density at radius 1 is 1.19 bits per heavy atom. The lowest BCUT2D eigenvalue weighted by Crippen LogP contribution is -2.21. The molecule has 0 bridgehead atoms. The van der Waals surface area contributed by atoms with Crippen molar-refractivity contribution in [2.24, 2.45) is 0 Å². The number of nitrogens with zero attached hydrogens (tertiary/aromatic N) is 1. The van der Waals surface area contributed by atoms with E-state index < -0.39 is 18.5 Å². The maximum absolute atomic E-state index is 12.4. The van der Waals surface area contributed by atoms with Gasteiger partial charge in [0.1, 0.15) is 11.1 Å². The Balaban J connectivity index is 1.62. The monoisotopic (exact) mass is 442 g/mol. The van der Waals surface area contributed by atoms with Gasteiger partial charge >= 0.3 is 5.97 Å². The van der Waals surface area contributed by atoms with Gasteiger partial charge in [-0.1, -0.05) is 6.42 Å². The lowest BCUT2D eigenvalue weighted by atomic mass is 10.1. The first-order valence-corrected chi connectivity index (χ1v) is 11.1. The van der Waals surface area contributed by atoms with Crippen LogP contribution in [0.25, 0.3) is 0 Å². The second-order valence-corrected chi connectivity index (χ2v) is 8.64. The number of hydrogen-bond acceptors (Lipinski definition) is 7. The molecule has 0 saturated heterocycles. The maximum Gasteiger partial charge on any atom is 0.338 e. The molecular formula is C23H26N2O5S. The SMILES string of the molecule is COc1cc(C(=O)OCC(=O)Nc2sc3c(c2C#N)CCCCC3)ccc1OC(C)C. The Labute approximate surface area is 185 Å². The Morgan fingerprint density at radius 2 is 1.97 bits per heavy atom. The minimum atomic E-state index is -0.646. The Morgan fingerprint density at radius 3 is 2.68 bits per heavy atom. The van der Waals surface area contributed by atoms with Gasteiger partial charge in [0.05, 0.1) is 24.3 Å². The topological polar surface area (TPSA) is 97.6 Å². The third kappa shape index (κ3) is 5.56. The first kappa shape index (κ1) is 22.6. The van der Waals surface area contributed by atoms with Gasteiger partial charge in [-0.05, 0) is 63.3 Å². The number of anilines is 1. The summed E-state index contributed by atoms with van der Waals surface area (Å²) < 4.78 is 16.1. The van der Waals surface area contributed by atoms with E-state index in [2.05, 4.69) is 11.4 Å². The molecule has 8 heteroatoms. The van der Waals surface area contributed by atoms with Crippen molar-refractivity contribution in [1.29, 1.82) is 5.26 Å². The van der Waals surface area contributed by atoms with E-state index in [0.29, 0.717) is 22.1 Å². The number of rotatable bonds is 7. The number of hydrogen-bond donors (Lipinski definition) is 1. The van der Waals surface area contributed by atoms with E-state index >= 15 is 0 Å². The van der Waals surface area contributed by atoms with E-state index in [1.54, 1.807) is 12.1 Å². The zero-order chi connectivity index (χ0) is 22.4. The molecule has 3 rings (SSSR count). The van der Waals surface area contributed by atoms with Crippen LogP contribution in [0.2, 0.25) is 0 Å². The van der Waals surface area contributed by atoms with Crippen molar-refractivity contribution in [3.8, 4) is 17.6 Å². The summed E-state index contributed by atoms with van der Waals surface area (Å²) in [5.74, 6) is -0.195.